The monoisotopic (exact) mass is 114 g/mol. The van der Waals surface area contributed by atoms with Gasteiger partial charge in [-0.05, 0) is 6.92 Å². The van der Waals surface area contributed by atoms with Gasteiger partial charge in [-0.1, -0.05) is 12.7 Å². The Hall–Kier alpha value is 0.0649. The lowest BCUT2D eigenvalue weighted by molar-refractivity contribution is 0.907. The second-order valence-electron chi connectivity index (χ2n) is 2.09. The molecule has 0 heterocycles. The van der Waals surface area contributed by atoms with Crippen molar-refractivity contribution >= 4 is 19.0 Å². The zero-order valence-electron chi connectivity index (χ0n) is 5.14. The molecule has 0 aliphatic heterocycles. The first-order chi connectivity index (χ1) is 3.18. The maximum absolute atomic E-state index is 5.29. The minimum Gasteiger partial charge on any atom is -0.136 e. The van der Waals surface area contributed by atoms with Gasteiger partial charge in [0.05, 0.1) is 0 Å². The maximum atomic E-state index is 5.29. The third-order valence-electron chi connectivity index (χ3n) is 1.15. The van der Waals surface area contributed by atoms with Gasteiger partial charge in [-0.2, -0.15) is 0 Å². The molecule has 0 bridgehead atoms. The Labute approximate surface area is 50.3 Å². The molecule has 0 saturated heterocycles. The molecule has 0 aromatic rings. The Bertz CT molecular complexity index is 82.6. The Kier molecular flexibility index (Phi) is 3.15. The van der Waals surface area contributed by atoms with E-state index >= 15 is 0 Å². The van der Waals surface area contributed by atoms with Gasteiger partial charge in [0, 0.05) is 5.25 Å². The molecular formula is C5H11BS. The van der Waals surface area contributed by atoms with Gasteiger partial charge in [0.2, 0.25) is 0 Å². The normalized spacial score (nSPS) is 17.9. The summed E-state index contributed by atoms with van der Waals surface area (Å²) in [5.41, 5.74) is 5.29. The molecule has 2 unspecified atom stereocenters. The fourth-order valence-electron chi connectivity index (χ4n) is 0.157. The first-order valence-electron chi connectivity index (χ1n) is 2.54. The molecule has 0 aromatic heterocycles. The molecule has 7 heavy (non-hydrogen) atoms. The summed E-state index contributed by atoms with van der Waals surface area (Å²) in [6.45, 7) is 4.31. The summed E-state index contributed by atoms with van der Waals surface area (Å²) in [5.74, 6) is 0.704. The van der Waals surface area contributed by atoms with Crippen LogP contribution in [0.15, 0.2) is 0 Å². The molecule has 0 spiro atoms. The highest BCUT2D eigenvalue weighted by Crippen LogP contribution is 2.11. The molecule has 0 radical (unpaired) electrons. The van der Waals surface area contributed by atoms with Crippen LogP contribution in [0.3, 0.4) is 0 Å². The van der Waals surface area contributed by atoms with Gasteiger partial charge < -0.3 is 0 Å². The van der Waals surface area contributed by atoms with Crippen molar-refractivity contribution in [2.45, 2.75) is 24.9 Å². The topological polar surface area (TPSA) is 0 Å². The van der Waals surface area contributed by atoms with Crippen LogP contribution >= 0.6 is 11.2 Å². The largest absolute Gasteiger partial charge is 0.136 e. The summed E-state index contributed by atoms with van der Waals surface area (Å²) < 4.78 is 0. The van der Waals surface area contributed by atoms with Gasteiger partial charge in [-0.3, -0.25) is 0 Å². The van der Waals surface area contributed by atoms with E-state index in [2.05, 4.69) is 21.7 Å². The van der Waals surface area contributed by atoms with E-state index in [-0.39, 0.29) is 0 Å². The second kappa shape index (κ2) is 3.12. The smallest absolute Gasteiger partial charge is 0.106 e. The highest BCUT2D eigenvalue weighted by molar-refractivity contribution is 7.89. The highest BCUT2D eigenvalue weighted by atomic mass is 32.1. The van der Waals surface area contributed by atoms with Crippen molar-refractivity contribution in [3.05, 3.63) is 0 Å². The molecule has 0 fully saturated rings. The van der Waals surface area contributed by atoms with E-state index in [1.54, 1.807) is 0 Å². The molecule has 0 N–H and O–H groups in total. The number of hydrogen-bond donors (Lipinski definition) is 0. The van der Waals surface area contributed by atoms with Crippen LogP contribution in [0.5, 0.6) is 0 Å². The number of rotatable bonds is 1. The van der Waals surface area contributed by atoms with Crippen molar-refractivity contribution in [3.8, 4) is 5.69 Å². The average molecular weight is 114 g/mol. The molecule has 0 saturated carbocycles. The van der Waals surface area contributed by atoms with E-state index in [1.807, 2.05) is 0 Å². The molecule has 2 heteroatoms. The first-order valence-corrected chi connectivity index (χ1v) is 3.48. The van der Waals surface area contributed by atoms with E-state index in [0.29, 0.717) is 11.1 Å². The summed E-state index contributed by atoms with van der Waals surface area (Å²) in [4.78, 5) is 0. The maximum Gasteiger partial charge on any atom is 0.106 e. The van der Waals surface area contributed by atoms with E-state index in [9.17, 15) is 0 Å². The molecular weight excluding hydrogens is 103 g/mol. The second-order valence-corrected chi connectivity index (χ2v) is 3.10. The SMILES string of the molecule is BC(C)C(C)S#C. The van der Waals surface area contributed by atoms with Crippen molar-refractivity contribution in [2.75, 3.05) is 0 Å². The lowest BCUT2D eigenvalue weighted by Crippen LogP contribution is -1.98. The van der Waals surface area contributed by atoms with E-state index in [4.69, 9.17) is 5.69 Å². The van der Waals surface area contributed by atoms with Gasteiger partial charge >= 0.3 is 0 Å². The Morgan fingerprint density at radius 2 is 2.00 bits per heavy atom. The Morgan fingerprint density at radius 1 is 1.57 bits per heavy atom. The number of hydrogen-bond acceptors (Lipinski definition) is 0. The van der Waals surface area contributed by atoms with Crippen LogP contribution in [0.4, 0.5) is 0 Å². The van der Waals surface area contributed by atoms with Crippen LogP contribution in [0, 0.1) is 5.69 Å². The molecule has 0 amide bonds. The molecule has 0 aliphatic rings. The zero-order chi connectivity index (χ0) is 5.86. The lowest BCUT2D eigenvalue weighted by atomic mass is 9.87. The molecule has 40 valence electrons. The highest BCUT2D eigenvalue weighted by Gasteiger charge is 1.99. The summed E-state index contributed by atoms with van der Waals surface area (Å²) in [6.07, 6.45) is 0. The lowest BCUT2D eigenvalue weighted by Gasteiger charge is -2.04. The minimum absolute atomic E-state index is 0.597. The quantitative estimate of drug-likeness (QED) is 0.448. The molecule has 0 aromatic carbocycles. The standard InChI is InChI=1S/C5H11BS/c1-4(6)5(2)7-3/h3-5H,6H2,1-2H3. The van der Waals surface area contributed by atoms with Gasteiger partial charge in [0.1, 0.15) is 7.85 Å². The van der Waals surface area contributed by atoms with Crippen molar-refractivity contribution < 1.29 is 0 Å². The van der Waals surface area contributed by atoms with Crippen LogP contribution in [0.2, 0.25) is 5.82 Å². The summed E-state index contributed by atoms with van der Waals surface area (Å²) >= 11 is 1.43. The summed E-state index contributed by atoms with van der Waals surface area (Å²) in [5, 5.41) is 0.597. The first kappa shape index (κ1) is 7.06. The van der Waals surface area contributed by atoms with Crippen LogP contribution in [-0.4, -0.2) is 13.1 Å². The van der Waals surface area contributed by atoms with Crippen molar-refractivity contribution in [3.63, 3.8) is 0 Å². The predicted molar refractivity (Wildman–Crippen MR) is 40.0 cm³/mol. The third kappa shape index (κ3) is 2.72. The van der Waals surface area contributed by atoms with Crippen molar-refractivity contribution in [1.82, 2.24) is 0 Å². The molecule has 0 rings (SSSR count). The third-order valence-corrected chi connectivity index (χ3v) is 2.13. The average Bonchev–Trinajstić information content (AvgIpc) is 1.65. The van der Waals surface area contributed by atoms with Crippen LogP contribution in [-0.2, 0) is 0 Å². The summed E-state index contributed by atoms with van der Waals surface area (Å²) in [7, 11) is 2.17. The van der Waals surface area contributed by atoms with Gasteiger partial charge in [0.15, 0.2) is 0 Å². The van der Waals surface area contributed by atoms with Crippen molar-refractivity contribution in [2.24, 2.45) is 0 Å². The Balaban J connectivity index is 3.40. The minimum atomic E-state index is 0.597. The fourth-order valence-corrected chi connectivity index (χ4v) is 0.471. The van der Waals surface area contributed by atoms with Crippen LogP contribution < -0.4 is 0 Å². The zero-order valence-corrected chi connectivity index (χ0v) is 5.96. The van der Waals surface area contributed by atoms with Crippen LogP contribution in [0.1, 0.15) is 13.8 Å². The molecule has 0 aliphatic carbocycles. The Morgan fingerprint density at radius 3 is 2.00 bits per heavy atom. The van der Waals surface area contributed by atoms with Gasteiger partial charge in [0.25, 0.3) is 0 Å². The van der Waals surface area contributed by atoms with Crippen LogP contribution in [0.25, 0.3) is 0 Å². The van der Waals surface area contributed by atoms with Gasteiger partial charge in [-0.25, -0.2) is 0 Å². The van der Waals surface area contributed by atoms with Gasteiger partial charge in [-0.15, -0.1) is 16.9 Å². The van der Waals surface area contributed by atoms with Crippen molar-refractivity contribution in [1.29, 1.82) is 0 Å². The van der Waals surface area contributed by atoms with E-state index in [0.717, 1.165) is 0 Å². The van der Waals surface area contributed by atoms with E-state index in [1.165, 1.54) is 11.2 Å². The fraction of sp³-hybridized carbons (Fsp3) is 0.800. The predicted octanol–water partition coefficient (Wildman–Crippen LogP) is 1.14. The summed E-state index contributed by atoms with van der Waals surface area (Å²) in [6, 6.07) is 0. The molecule has 2 atom stereocenters. The molecule has 0 nitrogen and oxygen atoms in total. The van der Waals surface area contributed by atoms with E-state index < -0.39 is 0 Å².